The maximum absolute atomic E-state index is 11.4. The number of hydrogen-bond donors (Lipinski definition) is 0. The fourth-order valence-electron chi connectivity index (χ4n) is 1.52. The highest BCUT2D eigenvalue weighted by Gasteiger charge is 2.14. The molecule has 0 aliphatic rings. The summed E-state index contributed by atoms with van der Waals surface area (Å²) in [5.74, 6) is 0.401. The Bertz CT molecular complexity index is 551. The van der Waals surface area contributed by atoms with Gasteiger partial charge in [0.15, 0.2) is 0 Å². The van der Waals surface area contributed by atoms with Gasteiger partial charge in [-0.3, -0.25) is 0 Å². The fourth-order valence-corrected chi connectivity index (χ4v) is 2.38. The second-order valence-corrected chi connectivity index (χ2v) is 4.48. The van der Waals surface area contributed by atoms with Crippen molar-refractivity contribution < 1.29 is 14.3 Å². The first kappa shape index (κ1) is 12.6. The number of hydrogen-bond acceptors (Lipinski definition) is 5. The van der Waals surface area contributed by atoms with Crippen LogP contribution in [0.15, 0.2) is 30.5 Å². The number of esters is 1. The van der Waals surface area contributed by atoms with E-state index in [0.717, 1.165) is 16.3 Å². The van der Waals surface area contributed by atoms with Gasteiger partial charge in [-0.15, -0.1) is 11.3 Å². The number of thiazole rings is 1. The normalized spacial score (nSPS) is 10.1. The summed E-state index contributed by atoms with van der Waals surface area (Å²) in [5, 5.41) is 0.749. The van der Waals surface area contributed by atoms with Gasteiger partial charge in [0.1, 0.15) is 15.6 Å². The van der Waals surface area contributed by atoms with E-state index in [-0.39, 0.29) is 5.97 Å². The van der Waals surface area contributed by atoms with Crippen molar-refractivity contribution in [3.8, 4) is 16.3 Å². The zero-order valence-electron chi connectivity index (χ0n) is 10.2. The van der Waals surface area contributed by atoms with E-state index in [1.807, 2.05) is 31.2 Å². The number of carbonyl (C=O) groups is 1. The summed E-state index contributed by atoms with van der Waals surface area (Å²) in [6.45, 7) is 2.52. The van der Waals surface area contributed by atoms with Gasteiger partial charge in [-0.2, -0.15) is 0 Å². The number of nitrogens with zero attached hydrogens (tertiary/aromatic N) is 1. The zero-order chi connectivity index (χ0) is 13.0. The molecule has 0 fully saturated rings. The highest BCUT2D eigenvalue weighted by Crippen LogP contribution is 2.32. The van der Waals surface area contributed by atoms with E-state index < -0.39 is 0 Å². The Labute approximate surface area is 109 Å². The van der Waals surface area contributed by atoms with Crippen molar-refractivity contribution in [3.63, 3.8) is 0 Å². The lowest BCUT2D eigenvalue weighted by Crippen LogP contribution is -1.96. The number of ether oxygens (including phenoxy) is 2. The van der Waals surface area contributed by atoms with Gasteiger partial charge in [0.25, 0.3) is 0 Å². The minimum atomic E-state index is -0.368. The van der Waals surface area contributed by atoms with Crippen molar-refractivity contribution in [2.45, 2.75) is 6.92 Å². The molecule has 0 radical (unpaired) electrons. The van der Waals surface area contributed by atoms with E-state index in [2.05, 4.69) is 9.72 Å². The Morgan fingerprint density at radius 3 is 2.89 bits per heavy atom. The third-order valence-corrected chi connectivity index (χ3v) is 3.32. The first-order valence-corrected chi connectivity index (χ1v) is 6.34. The molecule has 18 heavy (non-hydrogen) atoms. The van der Waals surface area contributed by atoms with Crippen molar-refractivity contribution in [1.82, 2.24) is 4.98 Å². The second-order valence-electron chi connectivity index (χ2n) is 3.45. The molecule has 0 aliphatic carbocycles. The number of para-hydroxylation sites is 1. The van der Waals surface area contributed by atoms with Crippen LogP contribution in [0.2, 0.25) is 0 Å². The lowest BCUT2D eigenvalue weighted by atomic mass is 10.2. The van der Waals surface area contributed by atoms with Crippen LogP contribution in [0.3, 0.4) is 0 Å². The third-order valence-electron chi connectivity index (χ3n) is 2.31. The monoisotopic (exact) mass is 263 g/mol. The number of rotatable bonds is 4. The van der Waals surface area contributed by atoms with Crippen LogP contribution in [0.25, 0.3) is 10.6 Å². The van der Waals surface area contributed by atoms with Crippen LogP contribution < -0.4 is 4.74 Å². The van der Waals surface area contributed by atoms with Gasteiger partial charge in [-0.05, 0) is 19.1 Å². The highest BCUT2D eigenvalue weighted by molar-refractivity contribution is 7.16. The van der Waals surface area contributed by atoms with Gasteiger partial charge in [-0.25, -0.2) is 9.78 Å². The van der Waals surface area contributed by atoms with Gasteiger partial charge in [0.05, 0.1) is 25.5 Å². The molecule has 1 aromatic heterocycles. The van der Waals surface area contributed by atoms with Crippen molar-refractivity contribution >= 4 is 17.3 Å². The quantitative estimate of drug-likeness (QED) is 0.796. The lowest BCUT2D eigenvalue weighted by Gasteiger charge is -2.06. The van der Waals surface area contributed by atoms with E-state index in [1.54, 1.807) is 0 Å². The first-order valence-electron chi connectivity index (χ1n) is 5.52. The Morgan fingerprint density at radius 1 is 1.39 bits per heavy atom. The maximum atomic E-state index is 11.4. The molecule has 0 saturated heterocycles. The number of carbonyl (C=O) groups excluding carboxylic acids is 1. The summed E-state index contributed by atoms with van der Waals surface area (Å²) in [6.07, 6.45) is 1.52. The summed E-state index contributed by atoms with van der Waals surface area (Å²) < 4.78 is 10.2. The topological polar surface area (TPSA) is 48.4 Å². The zero-order valence-corrected chi connectivity index (χ0v) is 11.0. The van der Waals surface area contributed by atoms with E-state index in [4.69, 9.17) is 4.74 Å². The summed E-state index contributed by atoms with van der Waals surface area (Å²) in [5.41, 5.74) is 0.888. The molecule has 1 heterocycles. The molecule has 0 atom stereocenters. The number of methoxy groups -OCH3 is 1. The number of benzene rings is 1. The van der Waals surface area contributed by atoms with Gasteiger partial charge >= 0.3 is 5.97 Å². The van der Waals surface area contributed by atoms with Crippen LogP contribution in [-0.4, -0.2) is 24.7 Å². The SMILES string of the molecule is CCOc1ccccc1-c1ncc(C(=O)OC)s1. The molecule has 0 bridgehead atoms. The molecule has 2 aromatic rings. The van der Waals surface area contributed by atoms with E-state index >= 15 is 0 Å². The van der Waals surface area contributed by atoms with E-state index in [9.17, 15) is 4.79 Å². The van der Waals surface area contributed by atoms with Crippen LogP contribution in [0, 0.1) is 0 Å². The molecule has 94 valence electrons. The molecule has 0 unspecified atom stereocenters. The Kier molecular flexibility index (Phi) is 3.94. The van der Waals surface area contributed by atoms with Crippen LogP contribution in [0.1, 0.15) is 16.6 Å². The van der Waals surface area contributed by atoms with Gasteiger partial charge < -0.3 is 9.47 Å². The predicted molar refractivity (Wildman–Crippen MR) is 70.1 cm³/mol. The predicted octanol–water partition coefficient (Wildman–Crippen LogP) is 3.00. The summed E-state index contributed by atoms with van der Waals surface area (Å²) in [7, 11) is 1.36. The van der Waals surface area contributed by atoms with Crippen LogP contribution in [-0.2, 0) is 4.74 Å². The molecule has 4 nitrogen and oxygen atoms in total. The van der Waals surface area contributed by atoms with Crippen LogP contribution in [0.5, 0.6) is 5.75 Å². The van der Waals surface area contributed by atoms with Crippen molar-refractivity contribution in [2.75, 3.05) is 13.7 Å². The largest absolute Gasteiger partial charge is 0.493 e. The molecule has 1 aromatic carbocycles. The van der Waals surface area contributed by atoms with Crippen molar-refractivity contribution in [3.05, 3.63) is 35.3 Å². The standard InChI is InChI=1S/C13H13NO3S/c1-3-17-10-7-5-4-6-9(10)12-14-8-11(18-12)13(15)16-2/h4-8H,3H2,1-2H3. The molecule has 0 N–H and O–H groups in total. The van der Waals surface area contributed by atoms with E-state index in [0.29, 0.717) is 11.5 Å². The van der Waals surface area contributed by atoms with Crippen LogP contribution in [0.4, 0.5) is 0 Å². The molecule has 0 spiro atoms. The smallest absolute Gasteiger partial charge is 0.349 e. The Balaban J connectivity index is 2.36. The third kappa shape index (κ3) is 2.51. The van der Waals surface area contributed by atoms with E-state index in [1.165, 1.54) is 24.6 Å². The fraction of sp³-hybridized carbons (Fsp3) is 0.231. The summed E-state index contributed by atoms with van der Waals surface area (Å²) >= 11 is 1.29. The molecule has 0 aliphatic heterocycles. The van der Waals surface area contributed by atoms with Gasteiger partial charge in [0.2, 0.25) is 0 Å². The maximum Gasteiger partial charge on any atom is 0.349 e. The minimum absolute atomic E-state index is 0.368. The summed E-state index contributed by atoms with van der Waals surface area (Å²) in [6, 6.07) is 7.63. The first-order chi connectivity index (χ1) is 8.76. The highest BCUT2D eigenvalue weighted by atomic mass is 32.1. The van der Waals surface area contributed by atoms with Gasteiger partial charge in [0, 0.05) is 0 Å². The lowest BCUT2D eigenvalue weighted by molar-refractivity contribution is 0.0606. The van der Waals surface area contributed by atoms with Crippen LogP contribution >= 0.6 is 11.3 Å². The average Bonchev–Trinajstić information content (AvgIpc) is 2.88. The Hall–Kier alpha value is -1.88. The van der Waals surface area contributed by atoms with Crippen molar-refractivity contribution in [1.29, 1.82) is 0 Å². The molecule has 5 heteroatoms. The van der Waals surface area contributed by atoms with Gasteiger partial charge in [-0.1, -0.05) is 12.1 Å². The average molecular weight is 263 g/mol. The molecule has 0 amide bonds. The second kappa shape index (κ2) is 5.64. The number of aromatic nitrogens is 1. The summed E-state index contributed by atoms with van der Waals surface area (Å²) in [4.78, 5) is 16.1. The Morgan fingerprint density at radius 2 is 2.17 bits per heavy atom. The molecular formula is C13H13NO3S. The molecule has 0 saturated carbocycles. The minimum Gasteiger partial charge on any atom is -0.493 e. The molecular weight excluding hydrogens is 250 g/mol. The molecule has 2 rings (SSSR count). The van der Waals surface area contributed by atoms with Crippen molar-refractivity contribution in [2.24, 2.45) is 0 Å².